The zero-order chi connectivity index (χ0) is 26.6. The molecule has 1 atom stereocenters. The number of ether oxygens (including phenoxy) is 1. The number of fused-ring (bicyclic) bond motifs is 1. The lowest BCUT2D eigenvalue weighted by Crippen LogP contribution is -2.15. The lowest BCUT2D eigenvalue weighted by molar-refractivity contribution is -0.113. The molecule has 38 heavy (non-hydrogen) atoms. The molecule has 2 aromatic heterocycles. The summed E-state index contributed by atoms with van der Waals surface area (Å²) in [4.78, 5) is 17.4. The summed E-state index contributed by atoms with van der Waals surface area (Å²) in [6.45, 7) is 6.64. The molecular formula is C28H26ClN5O2S2. The van der Waals surface area contributed by atoms with Crippen LogP contribution in [0.15, 0.2) is 71.9 Å². The van der Waals surface area contributed by atoms with Crippen molar-refractivity contribution in [3.05, 3.63) is 83.1 Å². The molecular weight excluding hydrogens is 538 g/mol. The van der Waals surface area contributed by atoms with Crippen molar-refractivity contribution in [2.45, 2.75) is 38.6 Å². The third kappa shape index (κ3) is 5.85. The maximum atomic E-state index is 12.7. The quantitative estimate of drug-likeness (QED) is 0.188. The predicted molar refractivity (Wildman–Crippen MR) is 155 cm³/mol. The van der Waals surface area contributed by atoms with Crippen molar-refractivity contribution < 1.29 is 9.53 Å². The van der Waals surface area contributed by atoms with E-state index in [1.54, 1.807) is 17.4 Å². The number of rotatable bonds is 9. The Hall–Kier alpha value is -3.40. The van der Waals surface area contributed by atoms with Gasteiger partial charge in [0, 0.05) is 17.8 Å². The van der Waals surface area contributed by atoms with Crippen molar-refractivity contribution in [3.8, 4) is 16.3 Å². The third-order valence-corrected chi connectivity index (χ3v) is 8.20. The number of anilines is 1. The lowest BCUT2D eigenvalue weighted by atomic mass is 10.2. The number of amides is 1. The molecule has 1 amide bonds. The lowest BCUT2D eigenvalue weighted by Gasteiger charge is -2.16. The molecule has 194 valence electrons. The molecule has 0 spiro atoms. The topological polar surface area (TPSA) is 81.9 Å². The van der Waals surface area contributed by atoms with Gasteiger partial charge in [-0.15, -0.1) is 21.5 Å². The molecule has 0 aliphatic heterocycles. The Balaban J connectivity index is 1.19. The minimum atomic E-state index is -0.358. The van der Waals surface area contributed by atoms with Gasteiger partial charge in [0.2, 0.25) is 5.91 Å². The highest BCUT2D eigenvalue weighted by atomic mass is 35.5. The Labute approximate surface area is 234 Å². The molecule has 3 aromatic carbocycles. The SMILES string of the molecule is CCn1c(SCC(=O)Nc2ccc(-c3nc4ccc(C)cc4s3)cc2)nnc1C(C)Oc1ccccc1Cl. The van der Waals surface area contributed by atoms with E-state index in [9.17, 15) is 4.79 Å². The van der Waals surface area contributed by atoms with Gasteiger partial charge in [0.25, 0.3) is 0 Å². The molecule has 0 bridgehead atoms. The van der Waals surface area contributed by atoms with Crippen LogP contribution in [0.1, 0.15) is 31.3 Å². The number of para-hydroxylation sites is 1. The van der Waals surface area contributed by atoms with Crippen LogP contribution in [0, 0.1) is 6.92 Å². The number of thioether (sulfide) groups is 1. The highest BCUT2D eigenvalue weighted by molar-refractivity contribution is 7.99. The summed E-state index contributed by atoms with van der Waals surface area (Å²) in [7, 11) is 0. The second-order valence-corrected chi connectivity index (χ2v) is 11.1. The molecule has 7 nitrogen and oxygen atoms in total. The van der Waals surface area contributed by atoms with E-state index in [0.717, 1.165) is 21.8 Å². The number of nitrogens with zero attached hydrogens (tertiary/aromatic N) is 4. The van der Waals surface area contributed by atoms with E-state index in [2.05, 4.69) is 34.6 Å². The first-order valence-electron chi connectivity index (χ1n) is 12.2. The van der Waals surface area contributed by atoms with Crippen LogP contribution in [0.4, 0.5) is 5.69 Å². The molecule has 1 unspecified atom stereocenters. The van der Waals surface area contributed by atoms with Crippen LogP contribution < -0.4 is 10.1 Å². The molecule has 1 N–H and O–H groups in total. The zero-order valence-electron chi connectivity index (χ0n) is 21.1. The number of benzene rings is 3. The maximum absolute atomic E-state index is 12.7. The normalized spacial score (nSPS) is 12.0. The summed E-state index contributed by atoms with van der Waals surface area (Å²) in [6, 6.07) is 21.3. The van der Waals surface area contributed by atoms with Crippen LogP contribution in [0.2, 0.25) is 5.02 Å². The summed E-state index contributed by atoms with van der Waals surface area (Å²) >= 11 is 9.23. The van der Waals surface area contributed by atoms with Crippen LogP contribution in [0.5, 0.6) is 5.75 Å². The van der Waals surface area contributed by atoms with Crippen molar-refractivity contribution >= 4 is 56.5 Å². The highest BCUT2D eigenvalue weighted by Gasteiger charge is 2.20. The van der Waals surface area contributed by atoms with Gasteiger partial charge in [0.05, 0.1) is 21.0 Å². The average molecular weight is 564 g/mol. The van der Waals surface area contributed by atoms with E-state index in [1.165, 1.54) is 22.0 Å². The van der Waals surface area contributed by atoms with E-state index in [1.807, 2.05) is 66.9 Å². The van der Waals surface area contributed by atoms with E-state index < -0.39 is 0 Å². The average Bonchev–Trinajstić information content (AvgIpc) is 3.53. The van der Waals surface area contributed by atoms with Gasteiger partial charge in [-0.05, 0) is 74.9 Å². The fourth-order valence-corrected chi connectivity index (χ4v) is 6.03. The fraction of sp³-hybridized carbons (Fsp3) is 0.214. The fourth-order valence-electron chi connectivity index (χ4n) is 3.97. The zero-order valence-corrected chi connectivity index (χ0v) is 23.5. The molecule has 0 aliphatic rings. The Bertz CT molecular complexity index is 1580. The molecule has 0 saturated heterocycles. The summed E-state index contributed by atoms with van der Waals surface area (Å²) < 4.78 is 9.13. The van der Waals surface area contributed by atoms with Gasteiger partial charge in [-0.1, -0.05) is 41.6 Å². The van der Waals surface area contributed by atoms with E-state index in [0.29, 0.717) is 28.3 Å². The molecule has 10 heteroatoms. The molecule has 0 aliphatic carbocycles. The predicted octanol–water partition coefficient (Wildman–Crippen LogP) is 7.41. The number of carbonyl (C=O) groups excluding carboxylic acids is 1. The maximum Gasteiger partial charge on any atom is 0.234 e. The van der Waals surface area contributed by atoms with Crippen LogP contribution in [0.25, 0.3) is 20.8 Å². The molecule has 0 saturated carbocycles. The first-order valence-corrected chi connectivity index (χ1v) is 14.3. The van der Waals surface area contributed by atoms with Crippen molar-refractivity contribution in [1.29, 1.82) is 0 Å². The standard InChI is InChI=1S/C28H26ClN5O2S2/c1-4-34-26(18(3)36-23-8-6-5-7-21(23)29)32-33-28(34)37-16-25(35)30-20-12-10-19(11-13-20)27-31-22-14-9-17(2)15-24(22)38-27/h5-15,18H,4,16H2,1-3H3,(H,30,35). The second kappa shape index (κ2) is 11.6. The van der Waals surface area contributed by atoms with Gasteiger partial charge in [-0.25, -0.2) is 4.98 Å². The molecule has 0 fully saturated rings. The smallest absolute Gasteiger partial charge is 0.234 e. The Morgan fingerprint density at radius 1 is 1.13 bits per heavy atom. The Kier molecular flexibility index (Phi) is 7.97. The number of nitrogens with one attached hydrogen (secondary N) is 1. The monoisotopic (exact) mass is 563 g/mol. The van der Waals surface area contributed by atoms with Crippen molar-refractivity contribution in [2.24, 2.45) is 0 Å². The second-order valence-electron chi connectivity index (χ2n) is 8.68. The first kappa shape index (κ1) is 26.2. The molecule has 2 heterocycles. The molecule has 5 aromatic rings. The number of aryl methyl sites for hydroxylation is 1. The Morgan fingerprint density at radius 2 is 1.92 bits per heavy atom. The van der Waals surface area contributed by atoms with Crippen molar-refractivity contribution in [2.75, 3.05) is 11.1 Å². The van der Waals surface area contributed by atoms with E-state index >= 15 is 0 Å². The minimum absolute atomic E-state index is 0.120. The summed E-state index contributed by atoms with van der Waals surface area (Å²) in [5.41, 5.74) is 3.97. The number of thiazole rings is 1. The highest BCUT2D eigenvalue weighted by Crippen LogP contribution is 2.32. The van der Waals surface area contributed by atoms with Gasteiger partial charge < -0.3 is 14.6 Å². The number of hydrogen-bond donors (Lipinski definition) is 1. The van der Waals surface area contributed by atoms with Crippen LogP contribution >= 0.6 is 34.7 Å². The summed E-state index contributed by atoms with van der Waals surface area (Å²) in [5.74, 6) is 1.35. The van der Waals surface area contributed by atoms with E-state index in [4.69, 9.17) is 21.3 Å². The van der Waals surface area contributed by atoms with Gasteiger partial charge in [0.15, 0.2) is 17.1 Å². The molecule has 5 rings (SSSR count). The largest absolute Gasteiger partial charge is 0.481 e. The van der Waals surface area contributed by atoms with Crippen molar-refractivity contribution in [3.63, 3.8) is 0 Å². The van der Waals surface area contributed by atoms with Crippen LogP contribution in [-0.2, 0) is 11.3 Å². The Morgan fingerprint density at radius 3 is 2.68 bits per heavy atom. The number of aromatic nitrogens is 4. The minimum Gasteiger partial charge on any atom is -0.481 e. The molecule has 0 radical (unpaired) electrons. The van der Waals surface area contributed by atoms with Crippen LogP contribution in [0.3, 0.4) is 0 Å². The van der Waals surface area contributed by atoms with Gasteiger partial charge >= 0.3 is 0 Å². The number of halogens is 1. The summed E-state index contributed by atoms with van der Waals surface area (Å²) in [5, 5.41) is 13.7. The van der Waals surface area contributed by atoms with Crippen molar-refractivity contribution in [1.82, 2.24) is 19.7 Å². The van der Waals surface area contributed by atoms with Crippen LogP contribution in [-0.4, -0.2) is 31.4 Å². The van der Waals surface area contributed by atoms with Gasteiger partial charge in [0.1, 0.15) is 10.8 Å². The van der Waals surface area contributed by atoms with Gasteiger partial charge in [-0.2, -0.15) is 0 Å². The summed E-state index contributed by atoms with van der Waals surface area (Å²) in [6.07, 6.45) is -0.358. The number of hydrogen-bond acceptors (Lipinski definition) is 7. The number of carbonyl (C=O) groups is 1. The first-order chi connectivity index (χ1) is 18.4. The van der Waals surface area contributed by atoms with E-state index in [-0.39, 0.29) is 17.8 Å². The van der Waals surface area contributed by atoms with Gasteiger partial charge in [-0.3, -0.25) is 4.79 Å². The third-order valence-electron chi connectivity index (χ3n) is 5.86.